The molecule has 15 heteroatoms. The number of non-ortho nitro benzene ring substituents is 1. The molecular weight excluding hydrogens is 492 g/mol. The third kappa shape index (κ3) is 9.40. The van der Waals surface area contributed by atoms with Gasteiger partial charge in [-0.05, 0) is 12.1 Å². The van der Waals surface area contributed by atoms with Crippen LogP contribution in [0.3, 0.4) is 0 Å². The number of nitrogens with one attached hydrogen (secondary N) is 1. The minimum atomic E-state index is -0.693. The van der Waals surface area contributed by atoms with Crippen molar-refractivity contribution in [2.45, 2.75) is 13.1 Å². The lowest BCUT2D eigenvalue weighted by Gasteiger charge is -2.10. The molecule has 0 radical (unpaired) electrons. The zero-order chi connectivity index (χ0) is 26.5. The Hall–Kier alpha value is -4.21. The maximum Gasteiger partial charge on any atom is 0.411 e. The molecule has 15 nitrogen and oxygen atoms in total. The molecule has 2 aromatic rings. The molecular formula is C22H26N6O9. The number of nitro benzene ring substituents is 1. The Kier molecular flexibility index (Phi) is 10.6. The topological polar surface area (TPSA) is 177 Å². The lowest BCUT2D eigenvalue weighted by molar-refractivity contribution is -0.384. The Morgan fingerprint density at radius 1 is 0.919 bits per heavy atom. The van der Waals surface area contributed by atoms with Gasteiger partial charge in [0.15, 0.2) is 0 Å². The largest absolute Gasteiger partial charge is 0.447 e. The van der Waals surface area contributed by atoms with Crippen LogP contribution in [0.1, 0.15) is 5.69 Å². The Balaban J connectivity index is 1.12. The molecule has 1 aromatic heterocycles. The Labute approximate surface area is 211 Å². The van der Waals surface area contributed by atoms with Gasteiger partial charge >= 0.3 is 6.09 Å². The van der Waals surface area contributed by atoms with Gasteiger partial charge in [-0.1, -0.05) is 5.21 Å². The van der Waals surface area contributed by atoms with Crippen LogP contribution in [-0.4, -0.2) is 89.0 Å². The monoisotopic (exact) mass is 518 g/mol. The second kappa shape index (κ2) is 14.4. The van der Waals surface area contributed by atoms with Gasteiger partial charge in [-0.15, -0.1) is 5.10 Å². The van der Waals surface area contributed by atoms with Crippen LogP contribution < -0.4 is 5.32 Å². The van der Waals surface area contributed by atoms with Crippen molar-refractivity contribution in [3.63, 3.8) is 0 Å². The number of ether oxygens (including phenoxy) is 4. The number of nitro groups is 1. The molecule has 2 heterocycles. The number of carbonyl (C=O) groups excluding carboxylic acids is 3. The fourth-order valence-corrected chi connectivity index (χ4v) is 2.98. The van der Waals surface area contributed by atoms with E-state index in [1.165, 1.54) is 36.4 Å². The minimum Gasteiger partial charge on any atom is -0.447 e. The molecule has 3 amide bonds. The number of hydrogen-bond donors (Lipinski definition) is 1. The number of nitrogens with zero attached hydrogens (tertiary/aromatic N) is 5. The SMILES string of the molecule is O=C(Nc1ccc([N+](=O)[O-])cc1)OCCOCCOCCOCCn1cc(CN2C(=O)C=CC2=O)nn1. The summed E-state index contributed by atoms with van der Waals surface area (Å²) in [5, 5.41) is 21.0. The van der Waals surface area contributed by atoms with Crippen molar-refractivity contribution >= 4 is 29.3 Å². The highest BCUT2D eigenvalue weighted by Gasteiger charge is 2.24. The van der Waals surface area contributed by atoms with Crippen molar-refractivity contribution in [2.24, 2.45) is 0 Å². The number of imide groups is 1. The highest BCUT2D eigenvalue weighted by atomic mass is 16.6. The van der Waals surface area contributed by atoms with E-state index in [1.54, 1.807) is 10.9 Å². The van der Waals surface area contributed by atoms with Gasteiger partial charge in [0.2, 0.25) is 0 Å². The zero-order valence-corrected chi connectivity index (χ0v) is 19.8. The van der Waals surface area contributed by atoms with Gasteiger partial charge in [0.25, 0.3) is 17.5 Å². The number of amides is 3. The van der Waals surface area contributed by atoms with Crippen LogP contribution in [0.4, 0.5) is 16.2 Å². The molecule has 0 unspecified atom stereocenters. The van der Waals surface area contributed by atoms with Gasteiger partial charge < -0.3 is 18.9 Å². The Bertz CT molecular complexity index is 1080. The molecule has 3 rings (SSSR count). The van der Waals surface area contributed by atoms with Crippen molar-refractivity contribution in [3.8, 4) is 0 Å². The molecule has 0 spiro atoms. The van der Waals surface area contributed by atoms with Crippen molar-refractivity contribution in [1.29, 1.82) is 0 Å². The van der Waals surface area contributed by atoms with Gasteiger partial charge in [-0.25, -0.2) is 9.48 Å². The molecule has 1 N–H and O–H groups in total. The first kappa shape index (κ1) is 27.4. The number of hydrogen-bond acceptors (Lipinski definition) is 11. The van der Waals surface area contributed by atoms with Crippen LogP contribution in [0.15, 0.2) is 42.6 Å². The van der Waals surface area contributed by atoms with Crippen molar-refractivity contribution < 1.29 is 38.3 Å². The molecule has 0 saturated carbocycles. The van der Waals surface area contributed by atoms with Crippen LogP contribution in [-0.2, 0) is 41.6 Å². The first-order chi connectivity index (χ1) is 17.9. The summed E-state index contributed by atoms with van der Waals surface area (Å²) in [6.07, 6.45) is 3.40. The van der Waals surface area contributed by atoms with Crippen LogP contribution in [0, 0.1) is 10.1 Å². The van der Waals surface area contributed by atoms with Gasteiger partial charge in [-0.3, -0.25) is 29.9 Å². The van der Waals surface area contributed by atoms with E-state index >= 15 is 0 Å². The average Bonchev–Trinajstić information content (AvgIpc) is 3.46. The Morgan fingerprint density at radius 3 is 2.14 bits per heavy atom. The van der Waals surface area contributed by atoms with E-state index in [9.17, 15) is 24.5 Å². The second-order valence-electron chi connectivity index (χ2n) is 7.47. The summed E-state index contributed by atoms with van der Waals surface area (Å²) in [7, 11) is 0. The summed E-state index contributed by atoms with van der Waals surface area (Å²) in [6, 6.07) is 5.37. The van der Waals surface area contributed by atoms with Gasteiger partial charge in [0.05, 0.1) is 63.9 Å². The molecule has 1 aliphatic heterocycles. The van der Waals surface area contributed by atoms with E-state index in [4.69, 9.17) is 18.9 Å². The summed E-state index contributed by atoms with van der Waals surface area (Å²) in [4.78, 5) is 46.0. The molecule has 1 aromatic carbocycles. The number of benzene rings is 1. The second-order valence-corrected chi connectivity index (χ2v) is 7.47. The molecule has 1 aliphatic rings. The summed E-state index contributed by atoms with van der Waals surface area (Å²) in [5.74, 6) is -0.739. The minimum absolute atomic E-state index is 0.0352. The molecule has 0 fully saturated rings. The first-order valence-corrected chi connectivity index (χ1v) is 11.3. The third-order valence-corrected chi connectivity index (χ3v) is 4.80. The lowest BCUT2D eigenvalue weighted by atomic mass is 10.3. The molecule has 0 atom stereocenters. The molecule has 0 bridgehead atoms. The first-order valence-electron chi connectivity index (χ1n) is 11.3. The smallest absolute Gasteiger partial charge is 0.411 e. The van der Waals surface area contributed by atoms with E-state index < -0.39 is 11.0 Å². The molecule has 37 heavy (non-hydrogen) atoms. The van der Waals surface area contributed by atoms with E-state index in [0.717, 1.165) is 4.90 Å². The molecule has 0 saturated heterocycles. The van der Waals surface area contributed by atoms with Crippen LogP contribution in [0.2, 0.25) is 0 Å². The summed E-state index contributed by atoms with van der Waals surface area (Å²) in [6.45, 7) is 2.52. The standard InChI is InChI=1S/C22H26N6O9/c29-20-5-6-21(30)27(20)16-18-15-26(25-24-18)7-8-34-9-10-35-11-12-36-13-14-37-22(31)23-17-1-3-19(4-2-17)28(32)33/h1-6,15H,7-14,16H2,(H,23,31). The highest BCUT2D eigenvalue weighted by molar-refractivity contribution is 6.12. The predicted octanol–water partition coefficient (Wildman–Crippen LogP) is 0.910. The molecule has 0 aliphatic carbocycles. The fourth-order valence-electron chi connectivity index (χ4n) is 2.98. The highest BCUT2D eigenvalue weighted by Crippen LogP contribution is 2.15. The number of carbonyl (C=O) groups is 3. The predicted molar refractivity (Wildman–Crippen MR) is 125 cm³/mol. The normalized spacial score (nSPS) is 12.8. The lowest BCUT2D eigenvalue weighted by Crippen LogP contribution is -2.29. The zero-order valence-electron chi connectivity index (χ0n) is 19.8. The van der Waals surface area contributed by atoms with Gasteiger partial charge in [0.1, 0.15) is 12.3 Å². The number of anilines is 1. The van der Waals surface area contributed by atoms with Gasteiger partial charge in [-0.2, -0.15) is 0 Å². The summed E-state index contributed by atoms with van der Waals surface area (Å²) < 4.78 is 22.7. The molecule has 198 valence electrons. The summed E-state index contributed by atoms with van der Waals surface area (Å²) >= 11 is 0. The Morgan fingerprint density at radius 2 is 1.51 bits per heavy atom. The fraction of sp³-hybridized carbons (Fsp3) is 0.409. The van der Waals surface area contributed by atoms with E-state index in [-0.39, 0.29) is 37.3 Å². The third-order valence-electron chi connectivity index (χ3n) is 4.80. The van der Waals surface area contributed by atoms with Crippen LogP contribution >= 0.6 is 0 Å². The van der Waals surface area contributed by atoms with Gasteiger partial charge in [0, 0.05) is 30.0 Å². The maximum absolute atomic E-state index is 11.7. The van der Waals surface area contributed by atoms with E-state index in [0.29, 0.717) is 51.0 Å². The van der Waals surface area contributed by atoms with Crippen LogP contribution in [0.25, 0.3) is 0 Å². The van der Waals surface area contributed by atoms with E-state index in [2.05, 4.69) is 15.6 Å². The summed E-state index contributed by atoms with van der Waals surface area (Å²) in [5.41, 5.74) is 0.807. The number of aromatic nitrogens is 3. The quantitative estimate of drug-likeness (QED) is 0.145. The number of rotatable bonds is 16. The van der Waals surface area contributed by atoms with Crippen molar-refractivity contribution in [3.05, 3.63) is 58.4 Å². The van der Waals surface area contributed by atoms with Crippen molar-refractivity contribution in [2.75, 3.05) is 51.6 Å². The van der Waals surface area contributed by atoms with Crippen molar-refractivity contribution in [1.82, 2.24) is 19.9 Å². The average molecular weight is 518 g/mol. The maximum atomic E-state index is 11.7. The van der Waals surface area contributed by atoms with Crippen LogP contribution in [0.5, 0.6) is 0 Å². The van der Waals surface area contributed by atoms with E-state index in [1.807, 2.05) is 0 Å².